The number of rotatable bonds is 8. The Hall–Kier alpha value is -2.48. The molecule has 2 rings (SSSR count). The van der Waals surface area contributed by atoms with Gasteiger partial charge in [-0.25, -0.2) is 9.59 Å². The minimum atomic E-state index is -1.15. The number of nitrogens with one attached hydrogen (secondary N) is 1. The number of hydrogen-bond acceptors (Lipinski definition) is 6. The second kappa shape index (κ2) is 9.64. The fraction of sp³-hybridized carbons (Fsp3) is 0.600. The Morgan fingerprint density at radius 3 is 2.64 bits per heavy atom. The summed E-state index contributed by atoms with van der Waals surface area (Å²) in [6.45, 7) is 6.33. The first-order valence-corrected chi connectivity index (χ1v) is 9.31. The quantitative estimate of drug-likeness (QED) is 0.697. The monoisotopic (exact) mass is 395 g/mol. The van der Waals surface area contributed by atoms with Crippen LogP contribution >= 0.6 is 0 Å². The summed E-state index contributed by atoms with van der Waals surface area (Å²) in [6.07, 6.45) is 1.39. The van der Waals surface area contributed by atoms with Gasteiger partial charge in [-0.05, 0) is 51.3 Å². The Labute approximate surface area is 165 Å². The van der Waals surface area contributed by atoms with Crippen molar-refractivity contribution in [1.29, 1.82) is 0 Å². The third-order valence-corrected chi connectivity index (χ3v) is 4.11. The summed E-state index contributed by atoms with van der Waals surface area (Å²) in [6, 6.07) is 4.06. The molecule has 0 aliphatic carbocycles. The Morgan fingerprint density at radius 1 is 1.32 bits per heavy atom. The number of methoxy groups -OCH3 is 1. The molecule has 156 valence electrons. The van der Waals surface area contributed by atoms with Gasteiger partial charge in [0.15, 0.2) is 11.5 Å². The molecule has 1 saturated heterocycles. The Morgan fingerprint density at radius 2 is 2.07 bits per heavy atom. The zero-order valence-corrected chi connectivity index (χ0v) is 16.8. The molecule has 1 aromatic rings. The van der Waals surface area contributed by atoms with Gasteiger partial charge in [-0.15, -0.1) is 0 Å². The highest BCUT2D eigenvalue weighted by Crippen LogP contribution is 2.29. The first-order valence-electron chi connectivity index (χ1n) is 9.31. The largest absolute Gasteiger partial charge is 0.493 e. The molecule has 0 spiro atoms. The minimum absolute atomic E-state index is 0.0803. The SMILES string of the molecule is COc1cc(CC(NC(=O)OC(C)(C)C)C(=O)O)ccc1OCC1CCCO1. The number of aliphatic carboxylic acids is 1. The Bertz CT molecular complexity index is 678. The van der Waals surface area contributed by atoms with E-state index < -0.39 is 23.7 Å². The fourth-order valence-corrected chi connectivity index (χ4v) is 2.80. The van der Waals surface area contributed by atoms with Gasteiger partial charge in [-0.3, -0.25) is 0 Å². The van der Waals surface area contributed by atoms with Crippen molar-refractivity contribution in [3.05, 3.63) is 23.8 Å². The Kier molecular flexibility index (Phi) is 7.51. The lowest BCUT2D eigenvalue weighted by molar-refractivity contribution is -0.139. The number of carbonyl (C=O) groups is 2. The zero-order chi connectivity index (χ0) is 20.7. The van der Waals surface area contributed by atoms with E-state index in [4.69, 9.17) is 18.9 Å². The van der Waals surface area contributed by atoms with E-state index in [2.05, 4.69) is 5.32 Å². The van der Waals surface area contributed by atoms with Crippen LogP contribution in [0, 0.1) is 0 Å². The molecule has 28 heavy (non-hydrogen) atoms. The highest BCUT2D eigenvalue weighted by Gasteiger charge is 2.25. The van der Waals surface area contributed by atoms with Gasteiger partial charge < -0.3 is 29.4 Å². The number of amides is 1. The van der Waals surface area contributed by atoms with E-state index in [1.165, 1.54) is 7.11 Å². The molecular weight excluding hydrogens is 366 g/mol. The minimum Gasteiger partial charge on any atom is -0.493 e. The molecule has 8 heteroatoms. The van der Waals surface area contributed by atoms with Crippen molar-refractivity contribution in [2.45, 2.75) is 57.8 Å². The number of benzene rings is 1. The van der Waals surface area contributed by atoms with Crippen LogP contribution in [0.4, 0.5) is 4.79 Å². The highest BCUT2D eigenvalue weighted by molar-refractivity contribution is 5.80. The summed E-state index contributed by atoms with van der Waals surface area (Å²) in [7, 11) is 1.52. The van der Waals surface area contributed by atoms with Crippen LogP contribution in [0.2, 0.25) is 0 Å². The van der Waals surface area contributed by atoms with E-state index in [0.717, 1.165) is 19.4 Å². The molecule has 0 bridgehead atoms. The van der Waals surface area contributed by atoms with Crippen molar-refractivity contribution in [2.24, 2.45) is 0 Å². The molecule has 0 radical (unpaired) electrons. The molecule has 8 nitrogen and oxygen atoms in total. The van der Waals surface area contributed by atoms with Gasteiger partial charge in [0, 0.05) is 13.0 Å². The lowest BCUT2D eigenvalue weighted by Crippen LogP contribution is -2.44. The number of carbonyl (C=O) groups excluding carboxylic acids is 1. The molecule has 2 unspecified atom stereocenters. The molecular formula is C20H29NO7. The van der Waals surface area contributed by atoms with Gasteiger partial charge in [0.2, 0.25) is 0 Å². The maximum absolute atomic E-state index is 11.9. The van der Waals surface area contributed by atoms with Gasteiger partial charge in [-0.2, -0.15) is 0 Å². The first kappa shape index (κ1) is 21.8. The molecule has 0 saturated carbocycles. The average Bonchev–Trinajstić information content (AvgIpc) is 3.11. The lowest BCUT2D eigenvalue weighted by atomic mass is 10.1. The van der Waals surface area contributed by atoms with Gasteiger partial charge in [0.25, 0.3) is 0 Å². The number of carboxylic acid groups (broad SMARTS) is 1. The van der Waals surface area contributed by atoms with E-state index in [-0.39, 0.29) is 12.5 Å². The number of hydrogen-bond donors (Lipinski definition) is 2. The number of carboxylic acids is 1. The van der Waals surface area contributed by atoms with Crippen LogP contribution in [0.15, 0.2) is 18.2 Å². The third kappa shape index (κ3) is 6.92. The maximum atomic E-state index is 11.9. The number of ether oxygens (including phenoxy) is 4. The van der Waals surface area contributed by atoms with Gasteiger partial charge in [-0.1, -0.05) is 6.07 Å². The normalized spacial score (nSPS) is 17.6. The van der Waals surface area contributed by atoms with E-state index in [0.29, 0.717) is 23.7 Å². The summed E-state index contributed by atoms with van der Waals surface area (Å²) < 4.78 is 21.8. The van der Waals surface area contributed by atoms with Crippen LogP contribution < -0.4 is 14.8 Å². The first-order chi connectivity index (χ1) is 13.2. The summed E-state index contributed by atoms with van der Waals surface area (Å²) in [4.78, 5) is 23.4. The zero-order valence-electron chi connectivity index (χ0n) is 16.8. The van der Waals surface area contributed by atoms with Crippen LogP contribution in [0.25, 0.3) is 0 Å². The molecule has 1 fully saturated rings. The topological polar surface area (TPSA) is 103 Å². The predicted molar refractivity (Wildman–Crippen MR) is 102 cm³/mol. The number of alkyl carbamates (subject to hydrolysis) is 1. The van der Waals surface area contributed by atoms with Crippen LogP contribution in [0.5, 0.6) is 11.5 Å². The summed E-state index contributed by atoms with van der Waals surface area (Å²) in [5.74, 6) is -0.0887. The lowest BCUT2D eigenvalue weighted by Gasteiger charge is -2.22. The maximum Gasteiger partial charge on any atom is 0.408 e. The van der Waals surface area contributed by atoms with Gasteiger partial charge >= 0.3 is 12.1 Å². The van der Waals surface area contributed by atoms with Crippen molar-refractivity contribution in [1.82, 2.24) is 5.32 Å². The van der Waals surface area contributed by atoms with Crippen LogP contribution in [0.1, 0.15) is 39.2 Å². The van der Waals surface area contributed by atoms with Crippen molar-refractivity contribution in [3.63, 3.8) is 0 Å². The van der Waals surface area contributed by atoms with Gasteiger partial charge in [0.1, 0.15) is 18.2 Å². The van der Waals surface area contributed by atoms with Crippen molar-refractivity contribution in [2.75, 3.05) is 20.3 Å². The van der Waals surface area contributed by atoms with Crippen molar-refractivity contribution < 1.29 is 33.6 Å². The highest BCUT2D eigenvalue weighted by atomic mass is 16.6. The second-order valence-electron chi connectivity index (χ2n) is 7.67. The molecule has 1 aliphatic rings. The average molecular weight is 395 g/mol. The molecule has 2 atom stereocenters. The second-order valence-corrected chi connectivity index (χ2v) is 7.67. The Balaban J connectivity index is 2.01. The molecule has 1 amide bonds. The van der Waals surface area contributed by atoms with Crippen LogP contribution in [-0.2, 0) is 20.7 Å². The van der Waals surface area contributed by atoms with E-state index in [1.807, 2.05) is 0 Å². The standard InChI is InChI=1S/C20H29NO7/c1-20(2,3)28-19(24)21-15(18(22)23)10-13-7-8-16(17(11-13)25-4)27-12-14-6-5-9-26-14/h7-8,11,14-15H,5-6,9-10,12H2,1-4H3,(H,21,24)(H,22,23). The van der Waals surface area contributed by atoms with Gasteiger partial charge in [0.05, 0.1) is 13.2 Å². The predicted octanol–water partition coefficient (Wildman–Crippen LogP) is 2.77. The summed E-state index contributed by atoms with van der Waals surface area (Å²) in [5, 5.41) is 11.8. The van der Waals surface area contributed by atoms with Crippen molar-refractivity contribution >= 4 is 12.1 Å². The van der Waals surface area contributed by atoms with E-state index in [1.54, 1.807) is 39.0 Å². The smallest absolute Gasteiger partial charge is 0.408 e. The van der Waals surface area contributed by atoms with E-state index in [9.17, 15) is 14.7 Å². The summed E-state index contributed by atoms with van der Waals surface area (Å²) >= 11 is 0. The van der Waals surface area contributed by atoms with Crippen molar-refractivity contribution in [3.8, 4) is 11.5 Å². The molecule has 1 heterocycles. The molecule has 1 aliphatic heterocycles. The summed E-state index contributed by atoms with van der Waals surface area (Å²) in [5.41, 5.74) is -0.0250. The molecule has 0 aromatic heterocycles. The van der Waals surface area contributed by atoms with E-state index >= 15 is 0 Å². The third-order valence-electron chi connectivity index (χ3n) is 4.11. The molecule has 2 N–H and O–H groups in total. The molecule has 1 aromatic carbocycles. The van der Waals surface area contributed by atoms with Crippen LogP contribution in [-0.4, -0.2) is 55.2 Å². The fourth-order valence-electron chi connectivity index (χ4n) is 2.80. The van der Waals surface area contributed by atoms with Crippen LogP contribution in [0.3, 0.4) is 0 Å².